The van der Waals surface area contributed by atoms with Gasteiger partial charge in [-0.15, -0.1) is 11.3 Å². The molecule has 0 atom stereocenters. The Kier molecular flexibility index (Phi) is 3.02. The van der Waals surface area contributed by atoms with Gasteiger partial charge in [0.2, 0.25) is 0 Å². The predicted octanol–water partition coefficient (Wildman–Crippen LogP) is 3.08. The number of nitrogens with zero attached hydrogens (tertiary/aromatic N) is 1. The molecule has 1 heterocycles. The van der Waals surface area contributed by atoms with Gasteiger partial charge in [-0.25, -0.2) is 4.98 Å². The number of thiazole rings is 1. The van der Waals surface area contributed by atoms with Crippen molar-refractivity contribution in [2.75, 3.05) is 0 Å². The maximum atomic E-state index is 10.4. The number of aliphatic carboxylic acids is 1. The van der Waals surface area contributed by atoms with Crippen LogP contribution in [0.2, 0.25) is 0 Å². The van der Waals surface area contributed by atoms with Gasteiger partial charge >= 0.3 is 5.97 Å². The first-order chi connectivity index (χ1) is 7.15. The highest BCUT2D eigenvalue weighted by Gasteiger charge is 2.06. The maximum Gasteiger partial charge on any atom is 0.303 e. The van der Waals surface area contributed by atoms with Gasteiger partial charge in [0.15, 0.2) is 0 Å². The molecular formula is C10H8BrNO2S. The molecule has 0 bridgehead atoms. The van der Waals surface area contributed by atoms with Gasteiger partial charge in [0, 0.05) is 10.9 Å². The first kappa shape index (κ1) is 10.6. The van der Waals surface area contributed by atoms with E-state index < -0.39 is 5.97 Å². The van der Waals surface area contributed by atoms with Crippen molar-refractivity contribution < 1.29 is 9.90 Å². The van der Waals surface area contributed by atoms with Gasteiger partial charge < -0.3 is 5.11 Å². The van der Waals surface area contributed by atoms with Gasteiger partial charge in [0.25, 0.3) is 0 Å². The average molecular weight is 286 g/mol. The zero-order valence-corrected chi connectivity index (χ0v) is 10.1. The van der Waals surface area contributed by atoms with E-state index in [4.69, 9.17) is 5.11 Å². The number of fused-ring (bicyclic) bond motifs is 1. The fraction of sp³-hybridized carbons (Fsp3) is 0.200. The van der Waals surface area contributed by atoms with Crippen molar-refractivity contribution in [2.45, 2.75) is 12.8 Å². The minimum absolute atomic E-state index is 0.140. The SMILES string of the molecule is O=C(O)CCc1nc2cc(Br)ccc2s1. The lowest BCUT2D eigenvalue weighted by molar-refractivity contribution is -0.136. The summed E-state index contributed by atoms with van der Waals surface area (Å²) in [5.74, 6) is -0.782. The third kappa shape index (κ3) is 2.54. The smallest absolute Gasteiger partial charge is 0.303 e. The van der Waals surface area contributed by atoms with Crippen LogP contribution in [0, 0.1) is 0 Å². The highest BCUT2D eigenvalue weighted by atomic mass is 79.9. The monoisotopic (exact) mass is 285 g/mol. The molecule has 1 N–H and O–H groups in total. The number of benzene rings is 1. The predicted molar refractivity (Wildman–Crippen MR) is 63.3 cm³/mol. The Morgan fingerprint density at radius 2 is 2.33 bits per heavy atom. The zero-order chi connectivity index (χ0) is 10.8. The van der Waals surface area contributed by atoms with Crippen LogP contribution in [0.25, 0.3) is 10.2 Å². The van der Waals surface area contributed by atoms with Crippen molar-refractivity contribution in [2.24, 2.45) is 0 Å². The van der Waals surface area contributed by atoms with Crippen LogP contribution in [0.3, 0.4) is 0 Å². The summed E-state index contributed by atoms with van der Waals surface area (Å²) in [6.45, 7) is 0. The molecule has 0 unspecified atom stereocenters. The largest absolute Gasteiger partial charge is 0.481 e. The molecule has 0 radical (unpaired) electrons. The third-order valence-corrected chi connectivity index (χ3v) is 3.54. The van der Waals surface area contributed by atoms with Crippen LogP contribution >= 0.6 is 27.3 Å². The van der Waals surface area contributed by atoms with E-state index in [1.54, 1.807) is 11.3 Å². The summed E-state index contributed by atoms with van der Waals surface area (Å²) in [6, 6.07) is 5.89. The molecule has 1 aromatic carbocycles. The van der Waals surface area contributed by atoms with Gasteiger partial charge in [-0.1, -0.05) is 15.9 Å². The molecule has 15 heavy (non-hydrogen) atoms. The van der Waals surface area contributed by atoms with Crippen molar-refractivity contribution in [3.63, 3.8) is 0 Å². The van der Waals surface area contributed by atoms with Crippen LogP contribution in [0.1, 0.15) is 11.4 Å². The number of carboxylic acids is 1. The van der Waals surface area contributed by atoms with Gasteiger partial charge in [-0.2, -0.15) is 0 Å². The Hall–Kier alpha value is -0.940. The van der Waals surface area contributed by atoms with Crippen LogP contribution < -0.4 is 0 Å². The topological polar surface area (TPSA) is 50.2 Å². The van der Waals surface area contributed by atoms with Crippen LogP contribution in [0.5, 0.6) is 0 Å². The molecule has 78 valence electrons. The molecule has 1 aromatic heterocycles. The lowest BCUT2D eigenvalue weighted by Crippen LogP contribution is -1.96. The number of aryl methyl sites for hydroxylation is 1. The van der Waals surface area contributed by atoms with Gasteiger partial charge in [0.05, 0.1) is 21.6 Å². The summed E-state index contributed by atoms with van der Waals surface area (Å²) < 4.78 is 2.09. The number of hydrogen-bond acceptors (Lipinski definition) is 3. The second-order valence-electron chi connectivity index (χ2n) is 3.11. The van der Waals surface area contributed by atoms with E-state index in [-0.39, 0.29) is 6.42 Å². The first-order valence-corrected chi connectivity index (χ1v) is 6.03. The third-order valence-electron chi connectivity index (χ3n) is 1.95. The summed E-state index contributed by atoms with van der Waals surface area (Å²) in [7, 11) is 0. The van der Waals surface area contributed by atoms with Crippen molar-refractivity contribution in [1.82, 2.24) is 4.98 Å². The van der Waals surface area contributed by atoms with Gasteiger partial charge in [0.1, 0.15) is 0 Å². The molecule has 0 fully saturated rings. The Labute approximate surface area is 98.9 Å². The van der Waals surface area contributed by atoms with E-state index in [2.05, 4.69) is 20.9 Å². The molecule has 0 saturated carbocycles. The van der Waals surface area contributed by atoms with E-state index in [1.807, 2.05) is 18.2 Å². The molecule has 0 saturated heterocycles. The Balaban J connectivity index is 2.27. The molecular weight excluding hydrogens is 278 g/mol. The van der Waals surface area contributed by atoms with Crippen molar-refractivity contribution in [3.05, 3.63) is 27.7 Å². The summed E-state index contributed by atoms with van der Waals surface area (Å²) >= 11 is 4.93. The van der Waals surface area contributed by atoms with Crippen molar-refractivity contribution >= 4 is 43.5 Å². The van der Waals surface area contributed by atoms with E-state index in [9.17, 15) is 4.79 Å². The van der Waals surface area contributed by atoms with E-state index >= 15 is 0 Å². The average Bonchev–Trinajstić information content (AvgIpc) is 2.56. The second-order valence-corrected chi connectivity index (χ2v) is 5.14. The lowest BCUT2D eigenvalue weighted by Gasteiger charge is -1.88. The van der Waals surface area contributed by atoms with Gasteiger partial charge in [-0.3, -0.25) is 4.79 Å². The van der Waals surface area contributed by atoms with Crippen LogP contribution in [-0.4, -0.2) is 16.1 Å². The maximum absolute atomic E-state index is 10.4. The highest BCUT2D eigenvalue weighted by Crippen LogP contribution is 2.25. The molecule has 0 aliphatic heterocycles. The summed E-state index contributed by atoms with van der Waals surface area (Å²) in [4.78, 5) is 14.8. The van der Waals surface area contributed by atoms with Crippen molar-refractivity contribution in [3.8, 4) is 0 Å². The van der Waals surface area contributed by atoms with Crippen LogP contribution in [0.15, 0.2) is 22.7 Å². The van der Waals surface area contributed by atoms with Crippen LogP contribution in [0.4, 0.5) is 0 Å². The Morgan fingerprint density at radius 3 is 3.07 bits per heavy atom. The minimum atomic E-state index is -0.782. The zero-order valence-electron chi connectivity index (χ0n) is 7.74. The molecule has 2 rings (SSSR count). The summed E-state index contributed by atoms with van der Waals surface area (Å²) in [5, 5.41) is 9.44. The summed E-state index contributed by atoms with van der Waals surface area (Å²) in [6.07, 6.45) is 0.646. The number of carboxylic acid groups (broad SMARTS) is 1. The number of aromatic nitrogens is 1. The number of rotatable bonds is 3. The fourth-order valence-electron chi connectivity index (χ4n) is 1.27. The minimum Gasteiger partial charge on any atom is -0.481 e. The molecule has 0 spiro atoms. The second kappa shape index (κ2) is 4.28. The number of halogens is 1. The fourth-order valence-corrected chi connectivity index (χ4v) is 2.57. The molecule has 0 aliphatic rings. The number of carbonyl (C=O) groups is 1. The van der Waals surface area contributed by atoms with E-state index in [1.165, 1.54) is 0 Å². The summed E-state index contributed by atoms with van der Waals surface area (Å²) in [5.41, 5.74) is 0.926. The van der Waals surface area contributed by atoms with E-state index in [0.717, 1.165) is 19.7 Å². The highest BCUT2D eigenvalue weighted by molar-refractivity contribution is 9.10. The van der Waals surface area contributed by atoms with Crippen molar-refractivity contribution in [1.29, 1.82) is 0 Å². The first-order valence-electron chi connectivity index (χ1n) is 4.42. The van der Waals surface area contributed by atoms with Gasteiger partial charge in [-0.05, 0) is 18.2 Å². The lowest BCUT2D eigenvalue weighted by atomic mass is 10.3. The van der Waals surface area contributed by atoms with Crippen LogP contribution in [-0.2, 0) is 11.2 Å². The van der Waals surface area contributed by atoms with E-state index in [0.29, 0.717) is 6.42 Å². The number of hydrogen-bond donors (Lipinski definition) is 1. The Bertz CT molecular complexity index is 509. The molecule has 2 aromatic rings. The molecule has 5 heteroatoms. The molecule has 0 aliphatic carbocycles. The quantitative estimate of drug-likeness (QED) is 0.943. The standard InChI is InChI=1S/C10H8BrNO2S/c11-6-1-2-8-7(5-6)12-9(15-8)3-4-10(13)14/h1-2,5H,3-4H2,(H,13,14). The molecule has 0 amide bonds. The normalized spacial score (nSPS) is 10.7. The Morgan fingerprint density at radius 1 is 1.53 bits per heavy atom. The molecule has 3 nitrogen and oxygen atoms in total.